The highest BCUT2D eigenvalue weighted by molar-refractivity contribution is 6.33. The van der Waals surface area contributed by atoms with Gasteiger partial charge in [-0.25, -0.2) is 0 Å². The average Bonchev–Trinajstić information content (AvgIpc) is 2.64. The molecule has 1 amide bonds. The summed E-state index contributed by atoms with van der Waals surface area (Å²) < 4.78 is 5.23. The maximum absolute atomic E-state index is 12.1. The summed E-state index contributed by atoms with van der Waals surface area (Å²) in [5.41, 5.74) is 5.63. The van der Waals surface area contributed by atoms with Gasteiger partial charge in [-0.1, -0.05) is 11.6 Å². The molecule has 0 saturated carbocycles. The van der Waals surface area contributed by atoms with Crippen molar-refractivity contribution in [2.24, 2.45) is 11.1 Å². The van der Waals surface area contributed by atoms with Crippen LogP contribution >= 0.6 is 11.6 Å². The number of pyridine rings is 1. The Hall–Kier alpha value is -1.17. The third kappa shape index (κ3) is 2.26. The van der Waals surface area contributed by atoms with Crippen LogP contribution in [-0.4, -0.2) is 30.1 Å². The number of nitrogens with one attached hydrogen (secondary N) is 1. The Labute approximate surface area is 104 Å². The Morgan fingerprint density at radius 3 is 3.12 bits per heavy atom. The van der Waals surface area contributed by atoms with E-state index >= 15 is 0 Å². The van der Waals surface area contributed by atoms with Crippen LogP contribution in [0.2, 0.25) is 5.02 Å². The van der Waals surface area contributed by atoms with Gasteiger partial charge in [-0.05, 0) is 13.0 Å². The van der Waals surface area contributed by atoms with E-state index in [9.17, 15) is 4.79 Å². The number of ether oxygens (including phenoxy) is 1. The van der Waals surface area contributed by atoms with Gasteiger partial charge >= 0.3 is 0 Å². The van der Waals surface area contributed by atoms with Crippen molar-refractivity contribution in [2.45, 2.75) is 13.0 Å². The Morgan fingerprint density at radius 1 is 1.76 bits per heavy atom. The Balaban J connectivity index is 2.15. The monoisotopic (exact) mass is 255 g/mol. The summed E-state index contributed by atoms with van der Waals surface area (Å²) in [5, 5.41) is 3.18. The van der Waals surface area contributed by atoms with Crippen molar-refractivity contribution in [1.82, 2.24) is 4.98 Å². The number of rotatable bonds is 2. The molecule has 1 aromatic rings. The van der Waals surface area contributed by atoms with Gasteiger partial charge in [-0.15, -0.1) is 0 Å². The lowest BCUT2D eigenvalue weighted by Crippen LogP contribution is -2.47. The number of nitrogens with two attached hydrogens (primary N) is 1. The molecule has 1 aliphatic heterocycles. The quantitative estimate of drug-likeness (QED) is 0.828. The van der Waals surface area contributed by atoms with Crippen molar-refractivity contribution < 1.29 is 9.53 Å². The number of amides is 1. The summed E-state index contributed by atoms with van der Waals surface area (Å²) in [6.07, 6.45) is 3.06. The lowest BCUT2D eigenvalue weighted by atomic mass is 9.85. The van der Waals surface area contributed by atoms with Crippen LogP contribution in [0.5, 0.6) is 0 Å². The van der Waals surface area contributed by atoms with Crippen molar-refractivity contribution in [3.63, 3.8) is 0 Å². The minimum Gasteiger partial charge on any atom is -0.379 e. The molecule has 0 bridgehead atoms. The summed E-state index contributed by atoms with van der Waals surface area (Å²) in [5.74, 6) is -0.197. The first-order chi connectivity index (χ1) is 8.04. The van der Waals surface area contributed by atoms with Gasteiger partial charge < -0.3 is 15.8 Å². The van der Waals surface area contributed by atoms with Gasteiger partial charge in [0.1, 0.15) is 0 Å². The molecule has 3 N–H and O–H groups in total. The predicted octanol–water partition coefficient (Wildman–Crippen LogP) is 1.04. The minimum absolute atomic E-state index is 0.197. The number of hydrogen-bond acceptors (Lipinski definition) is 4. The van der Waals surface area contributed by atoms with Gasteiger partial charge in [-0.3, -0.25) is 9.78 Å². The number of nitrogens with zero attached hydrogens (tertiary/aromatic N) is 1. The van der Waals surface area contributed by atoms with Crippen LogP contribution in [0.4, 0.5) is 5.69 Å². The molecule has 1 aliphatic rings. The second-order valence-corrected chi connectivity index (χ2v) is 4.76. The zero-order valence-electron chi connectivity index (χ0n) is 9.44. The number of carbonyl (C=O) groups is 1. The second-order valence-electron chi connectivity index (χ2n) is 4.35. The van der Waals surface area contributed by atoms with Crippen molar-refractivity contribution in [1.29, 1.82) is 0 Å². The molecule has 6 heteroatoms. The molecular formula is C11H14ClN3O2. The van der Waals surface area contributed by atoms with Gasteiger partial charge in [0.05, 0.1) is 35.5 Å². The van der Waals surface area contributed by atoms with Gasteiger partial charge in [0.25, 0.3) is 0 Å². The standard InChI is InChI=1S/C11H14ClN3O2/c1-11(6-17-5-9(11)13)10(16)15-8-4-14-3-2-7(8)12/h2-4,9H,5-6,13H2,1H3,(H,15,16). The number of carbonyl (C=O) groups excluding carboxylic acids is 1. The van der Waals surface area contributed by atoms with Crippen LogP contribution < -0.4 is 11.1 Å². The van der Waals surface area contributed by atoms with E-state index in [0.29, 0.717) is 23.9 Å². The van der Waals surface area contributed by atoms with E-state index < -0.39 is 5.41 Å². The van der Waals surface area contributed by atoms with E-state index in [1.54, 1.807) is 19.2 Å². The van der Waals surface area contributed by atoms with Crippen LogP contribution in [-0.2, 0) is 9.53 Å². The second kappa shape index (κ2) is 4.60. The van der Waals surface area contributed by atoms with Crippen molar-refractivity contribution in [2.75, 3.05) is 18.5 Å². The van der Waals surface area contributed by atoms with E-state index in [0.717, 1.165) is 0 Å². The van der Waals surface area contributed by atoms with Crippen LogP contribution in [0.15, 0.2) is 18.5 Å². The van der Waals surface area contributed by atoms with E-state index in [1.165, 1.54) is 6.20 Å². The lowest BCUT2D eigenvalue weighted by molar-refractivity contribution is -0.125. The van der Waals surface area contributed by atoms with Crippen LogP contribution in [0.3, 0.4) is 0 Å². The average molecular weight is 256 g/mol. The first-order valence-corrected chi connectivity index (χ1v) is 5.66. The fourth-order valence-electron chi connectivity index (χ4n) is 1.66. The molecule has 0 aliphatic carbocycles. The predicted molar refractivity (Wildman–Crippen MR) is 64.8 cm³/mol. The summed E-state index contributed by atoms with van der Waals surface area (Å²) in [6, 6.07) is 1.31. The first kappa shape index (κ1) is 12.3. The molecule has 0 radical (unpaired) electrons. The molecule has 0 spiro atoms. The maximum atomic E-state index is 12.1. The van der Waals surface area contributed by atoms with Crippen LogP contribution in [0, 0.1) is 5.41 Å². The molecule has 1 aromatic heterocycles. The van der Waals surface area contributed by atoms with Crippen LogP contribution in [0.25, 0.3) is 0 Å². The molecule has 1 fully saturated rings. The van der Waals surface area contributed by atoms with E-state index in [1.807, 2.05) is 0 Å². The van der Waals surface area contributed by atoms with Gasteiger partial charge in [0, 0.05) is 12.2 Å². The molecule has 5 nitrogen and oxygen atoms in total. The third-order valence-corrected chi connectivity index (χ3v) is 3.38. The Kier molecular flexibility index (Phi) is 3.33. The molecule has 2 atom stereocenters. The SMILES string of the molecule is CC1(C(=O)Nc2cnccc2Cl)COCC1N. The van der Waals surface area contributed by atoms with Gasteiger partial charge in [0.2, 0.25) is 5.91 Å². The lowest BCUT2D eigenvalue weighted by Gasteiger charge is -2.25. The van der Waals surface area contributed by atoms with E-state index in [-0.39, 0.29) is 11.9 Å². The summed E-state index contributed by atoms with van der Waals surface area (Å²) in [6.45, 7) is 2.49. The summed E-state index contributed by atoms with van der Waals surface area (Å²) in [7, 11) is 0. The summed E-state index contributed by atoms with van der Waals surface area (Å²) in [4.78, 5) is 16.0. The fraction of sp³-hybridized carbons (Fsp3) is 0.455. The molecule has 1 saturated heterocycles. The highest BCUT2D eigenvalue weighted by Gasteiger charge is 2.44. The first-order valence-electron chi connectivity index (χ1n) is 5.28. The number of aromatic nitrogens is 1. The van der Waals surface area contributed by atoms with Crippen LogP contribution in [0.1, 0.15) is 6.92 Å². The molecule has 2 unspecified atom stereocenters. The molecule has 0 aromatic carbocycles. The smallest absolute Gasteiger partial charge is 0.234 e. The molecule has 92 valence electrons. The highest BCUT2D eigenvalue weighted by atomic mass is 35.5. The fourth-order valence-corrected chi connectivity index (χ4v) is 1.81. The maximum Gasteiger partial charge on any atom is 0.234 e. The third-order valence-electron chi connectivity index (χ3n) is 3.05. The van der Waals surface area contributed by atoms with Crippen molar-refractivity contribution in [3.8, 4) is 0 Å². The van der Waals surface area contributed by atoms with E-state index in [4.69, 9.17) is 22.1 Å². The number of anilines is 1. The topological polar surface area (TPSA) is 77.2 Å². The Morgan fingerprint density at radius 2 is 2.53 bits per heavy atom. The van der Waals surface area contributed by atoms with E-state index in [2.05, 4.69) is 10.3 Å². The van der Waals surface area contributed by atoms with Crippen molar-refractivity contribution >= 4 is 23.2 Å². The normalized spacial score (nSPS) is 28.1. The largest absolute Gasteiger partial charge is 0.379 e. The molecule has 17 heavy (non-hydrogen) atoms. The van der Waals surface area contributed by atoms with Gasteiger partial charge in [0.15, 0.2) is 0 Å². The molecular weight excluding hydrogens is 242 g/mol. The summed E-state index contributed by atoms with van der Waals surface area (Å²) >= 11 is 5.94. The molecule has 2 rings (SSSR count). The van der Waals surface area contributed by atoms with Gasteiger partial charge in [-0.2, -0.15) is 0 Å². The highest BCUT2D eigenvalue weighted by Crippen LogP contribution is 2.30. The Bertz CT molecular complexity index is 440. The minimum atomic E-state index is -0.723. The zero-order chi connectivity index (χ0) is 12.5. The number of halogens is 1. The molecule has 2 heterocycles. The zero-order valence-corrected chi connectivity index (χ0v) is 10.2. The number of hydrogen-bond donors (Lipinski definition) is 2. The van der Waals surface area contributed by atoms with Crippen molar-refractivity contribution in [3.05, 3.63) is 23.5 Å².